The van der Waals surface area contributed by atoms with Crippen LogP contribution in [0.1, 0.15) is 6.42 Å². The highest BCUT2D eigenvalue weighted by atomic mass is 35.5. The first-order chi connectivity index (χ1) is 16.3. The Labute approximate surface area is 206 Å². The zero-order valence-corrected chi connectivity index (χ0v) is 20.3. The number of carbonyl (C=O) groups excluding carboxylic acids is 1. The van der Waals surface area contributed by atoms with Gasteiger partial charge in [-0.05, 0) is 53.3 Å². The van der Waals surface area contributed by atoms with Gasteiger partial charge in [0.2, 0.25) is 5.91 Å². The molecular weight excluding hydrogens is 471 g/mol. The van der Waals surface area contributed by atoms with Crippen LogP contribution in [0.25, 0.3) is 33.5 Å². The monoisotopic (exact) mass is 494 g/mol. The SMILES string of the molecule is C=CC(=O)N1CC[C@H]2[C@@H]1CN2/C(SC)=c1\cc(Cl)c(-c2cc(O)cc3ccccc23)c(F)c1=C. The van der Waals surface area contributed by atoms with E-state index in [0.29, 0.717) is 23.9 Å². The van der Waals surface area contributed by atoms with Gasteiger partial charge in [0, 0.05) is 29.1 Å². The molecule has 34 heavy (non-hydrogen) atoms. The molecule has 174 valence electrons. The number of aromatic hydroxyl groups is 1. The number of likely N-dealkylation sites (tertiary alicyclic amines) is 2. The highest BCUT2D eigenvalue weighted by Crippen LogP contribution is 2.40. The minimum atomic E-state index is -0.503. The standard InChI is InChI=1S/C27H24ClFN2O2S/c1-4-24(33)30-10-9-22-23(30)14-31(22)27(34-3)19-13-21(28)25(26(29)15(19)2)20-12-17(32)11-16-7-5-6-8-18(16)20/h4-8,11-13,22-23,32H,1-2,9-10,14H2,3H3/b27-19-/t22-,23-/m0/s1. The van der Waals surface area contributed by atoms with Crippen molar-refractivity contribution in [3.8, 4) is 16.9 Å². The van der Waals surface area contributed by atoms with Crippen LogP contribution < -0.4 is 10.4 Å². The lowest BCUT2D eigenvalue weighted by atomic mass is 9.95. The average molecular weight is 495 g/mol. The van der Waals surface area contributed by atoms with Crippen LogP contribution in [-0.2, 0) is 4.79 Å². The van der Waals surface area contributed by atoms with Gasteiger partial charge < -0.3 is 14.9 Å². The van der Waals surface area contributed by atoms with Crippen LogP contribution in [0.5, 0.6) is 5.75 Å². The maximum Gasteiger partial charge on any atom is 0.246 e. The van der Waals surface area contributed by atoms with E-state index in [0.717, 1.165) is 22.2 Å². The summed E-state index contributed by atoms with van der Waals surface area (Å²) in [5.41, 5.74) is 0.756. The van der Waals surface area contributed by atoms with E-state index in [-0.39, 0.29) is 39.5 Å². The van der Waals surface area contributed by atoms with Gasteiger partial charge in [-0.25, -0.2) is 4.39 Å². The van der Waals surface area contributed by atoms with Crippen LogP contribution in [0, 0.1) is 5.82 Å². The molecule has 0 bridgehead atoms. The highest BCUT2D eigenvalue weighted by Gasteiger charge is 2.48. The van der Waals surface area contributed by atoms with Gasteiger partial charge in [-0.1, -0.05) is 49.0 Å². The summed E-state index contributed by atoms with van der Waals surface area (Å²) in [5.74, 6) is -0.508. The summed E-state index contributed by atoms with van der Waals surface area (Å²) in [7, 11) is 0. The smallest absolute Gasteiger partial charge is 0.246 e. The molecule has 0 aromatic heterocycles. The number of carbonyl (C=O) groups is 1. The molecule has 2 fully saturated rings. The first kappa shape index (κ1) is 22.8. The number of rotatable bonds is 4. The number of phenols is 1. The number of hydrogen-bond acceptors (Lipinski definition) is 4. The molecule has 2 saturated heterocycles. The topological polar surface area (TPSA) is 43.8 Å². The van der Waals surface area contributed by atoms with Crippen molar-refractivity contribution in [1.29, 1.82) is 0 Å². The molecule has 5 rings (SSSR count). The summed E-state index contributed by atoms with van der Waals surface area (Å²) in [5, 5.41) is 13.9. The molecule has 0 saturated carbocycles. The number of thioether (sulfide) groups is 1. The largest absolute Gasteiger partial charge is 0.508 e. The van der Waals surface area contributed by atoms with E-state index < -0.39 is 5.82 Å². The second kappa shape index (κ2) is 8.67. The van der Waals surface area contributed by atoms with Gasteiger partial charge in [-0.3, -0.25) is 4.79 Å². The summed E-state index contributed by atoms with van der Waals surface area (Å²) >= 11 is 8.22. The van der Waals surface area contributed by atoms with Crippen LogP contribution in [0.3, 0.4) is 0 Å². The van der Waals surface area contributed by atoms with E-state index in [2.05, 4.69) is 18.1 Å². The number of benzene rings is 3. The summed E-state index contributed by atoms with van der Waals surface area (Å²) in [6.45, 7) is 9.03. The van der Waals surface area contributed by atoms with Crippen molar-refractivity contribution < 1.29 is 14.3 Å². The van der Waals surface area contributed by atoms with Gasteiger partial charge in [0.1, 0.15) is 11.6 Å². The molecular formula is C27H24ClFN2O2S. The molecule has 0 unspecified atom stereocenters. The number of nitrogens with zero attached hydrogens (tertiary/aromatic N) is 2. The van der Waals surface area contributed by atoms with Gasteiger partial charge >= 0.3 is 0 Å². The van der Waals surface area contributed by atoms with Crippen molar-refractivity contribution >= 4 is 51.7 Å². The van der Waals surface area contributed by atoms with Crippen LogP contribution in [0.15, 0.2) is 55.1 Å². The average Bonchev–Trinajstić information content (AvgIpc) is 3.15. The number of amides is 1. The Balaban J connectivity index is 1.63. The van der Waals surface area contributed by atoms with Crippen molar-refractivity contribution in [3.63, 3.8) is 0 Å². The zero-order chi connectivity index (χ0) is 24.1. The second-order valence-electron chi connectivity index (χ2n) is 8.61. The Bertz CT molecular complexity index is 1460. The van der Waals surface area contributed by atoms with Crippen LogP contribution in [-0.4, -0.2) is 52.2 Å². The number of hydrogen-bond donors (Lipinski definition) is 1. The number of phenolic OH excluding ortho intramolecular Hbond substituents is 1. The van der Waals surface area contributed by atoms with E-state index in [1.807, 2.05) is 35.4 Å². The third-order valence-electron chi connectivity index (χ3n) is 6.87. The minimum Gasteiger partial charge on any atom is -0.508 e. The molecule has 2 heterocycles. The molecule has 3 aromatic rings. The van der Waals surface area contributed by atoms with Crippen molar-refractivity contribution in [2.45, 2.75) is 18.5 Å². The predicted octanol–water partition coefficient (Wildman–Crippen LogP) is 4.32. The molecule has 0 radical (unpaired) electrons. The Morgan fingerprint density at radius 3 is 2.74 bits per heavy atom. The molecule has 1 amide bonds. The Hall–Kier alpha value is -2.96. The van der Waals surface area contributed by atoms with Gasteiger partial charge in [0.05, 0.1) is 22.1 Å². The van der Waals surface area contributed by atoms with Crippen molar-refractivity contribution in [3.05, 3.63) is 76.4 Å². The summed E-state index contributed by atoms with van der Waals surface area (Å²) in [6, 6.07) is 12.8. The predicted molar refractivity (Wildman–Crippen MR) is 139 cm³/mol. The van der Waals surface area contributed by atoms with Crippen molar-refractivity contribution in [2.24, 2.45) is 0 Å². The molecule has 4 nitrogen and oxygen atoms in total. The summed E-state index contributed by atoms with van der Waals surface area (Å²) < 4.78 is 15.9. The van der Waals surface area contributed by atoms with Gasteiger partial charge in [-0.15, -0.1) is 11.8 Å². The van der Waals surface area contributed by atoms with E-state index in [9.17, 15) is 9.90 Å². The number of halogens is 2. The molecule has 3 aromatic carbocycles. The van der Waals surface area contributed by atoms with Crippen molar-refractivity contribution in [1.82, 2.24) is 9.80 Å². The molecule has 0 aliphatic carbocycles. The van der Waals surface area contributed by atoms with Crippen LogP contribution >= 0.6 is 23.4 Å². The molecule has 2 aliphatic rings. The Morgan fingerprint density at radius 2 is 2.00 bits per heavy atom. The number of fused-ring (bicyclic) bond motifs is 2. The summed E-state index contributed by atoms with van der Waals surface area (Å²) in [6.07, 6.45) is 4.16. The third kappa shape index (κ3) is 3.48. The summed E-state index contributed by atoms with van der Waals surface area (Å²) in [4.78, 5) is 16.2. The fraction of sp³-hybridized carbons (Fsp3) is 0.222. The fourth-order valence-electron chi connectivity index (χ4n) is 5.23. The first-order valence-corrected chi connectivity index (χ1v) is 12.6. The Kier molecular flexibility index (Phi) is 5.82. The molecule has 0 spiro atoms. The molecule has 2 aliphatic heterocycles. The van der Waals surface area contributed by atoms with E-state index in [4.69, 9.17) is 11.6 Å². The maximum absolute atomic E-state index is 15.9. The van der Waals surface area contributed by atoms with Gasteiger partial charge in [-0.2, -0.15) is 0 Å². The van der Waals surface area contributed by atoms with Crippen molar-refractivity contribution in [2.75, 3.05) is 19.3 Å². The first-order valence-electron chi connectivity index (χ1n) is 11.0. The normalized spacial score (nSPS) is 20.2. The highest BCUT2D eigenvalue weighted by molar-refractivity contribution is 8.07. The Morgan fingerprint density at radius 1 is 1.24 bits per heavy atom. The lowest BCUT2D eigenvalue weighted by Crippen LogP contribution is -2.62. The van der Waals surface area contributed by atoms with E-state index in [1.54, 1.807) is 12.1 Å². The molecule has 7 heteroatoms. The maximum atomic E-state index is 15.9. The lowest BCUT2D eigenvalue weighted by Gasteiger charge is -2.48. The van der Waals surface area contributed by atoms with Gasteiger partial charge in [0.15, 0.2) is 0 Å². The van der Waals surface area contributed by atoms with Gasteiger partial charge in [0.25, 0.3) is 0 Å². The zero-order valence-electron chi connectivity index (χ0n) is 18.7. The lowest BCUT2D eigenvalue weighted by molar-refractivity contribution is -0.129. The molecule has 1 N–H and O–H groups in total. The fourth-order valence-corrected chi connectivity index (χ4v) is 6.37. The van der Waals surface area contributed by atoms with Crippen LogP contribution in [0.4, 0.5) is 4.39 Å². The second-order valence-corrected chi connectivity index (χ2v) is 9.81. The minimum absolute atomic E-state index is 0.0432. The quantitative estimate of drug-likeness (QED) is 0.549. The third-order valence-corrected chi connectivity index (χ3v) is 8.01. The molecule has 2 atom stereocenters. The van der Waals surface area contributed by atoms with E-state index in [1.165, 1.54) is 23.9 Å². The van der Waals surface area contributed by atoms with Crippen LogP contribution in [0.2, 0.25) is 5.02 Å². The van der Waals surface area contributed by atoms with E-state index >= 15 is 4.39 Å².